The summed E-state index contributed by atoms with van der Waals surface area (Å²) < 4.78 is 41.0. The van der Waals surface area contributed by atoms with Crippen LogP contribution in [0.15, 0.2) is 40.3 Å². The predicted octanol–water partition coefficient (Wildman–Crippen LogP) is 5.48. The number of allylic oxidation sites excluding steroid dienone is 1. The molecule has 1 heterocycles. The fourth-order valence-electron chi connectivity index (χ4n) is 2.23. The van der Waals surface area contributed by atoms with Crippen LogP contribution >= 0.6 is 11.8 Å². The Morgan fingerprint density at radius 2 is 1.89 bits per heavy atom. The second-order valence-corrected chi connectivity index (χ2v) is 6.81. The van der Waals surface area contributed by atoms with Crippen LogP contribution in [0.5, 0.6) is 5.75 Å². The van der Waals surface area contributed by atoms with Gasteiger partial charge in [0.25, 0.3) is 0 Å². The molecule has 0 unspecified atom stereocenters. The Morgan fingerprint density at radius 3 is 2.44 bits per heavy atom. The number of nitrogens with zero attached hydrogens (tertiary/aromatic N) is 2. The zero-order valence-electron chi connectivity index (χ0n) is 15.6. The van der Waals surface area contributed by atoms with Crippen molar-refractivity contribution in [1.82, 2.24) is 15.3 Å². The molecule has 0 aliphatic heterocycles. The van der Waals surface area contributed by atoms with Crippen molar-refractivity contribution < 1.29 is 17.9 Å². The number of nitrogens with one attached hydrogen (secondary N) is 1. The molecular formula is C19H22F3N3OS. The zero-order chi connectivity index (χ0) is 20.0. The van der Waals surface area contributed by atoms with Gasteiger partial charge in [-0.25, -0.2) is 9.97 Å². The van der Waals surface area contributed by atoms with Crippen molar-refractivity contribution in [3.8, 4) is 17.0 Å². The Kier molecular flexibility index (Phi) is 7.26. The Labute approximate surface area is 161 Å². The molecule has 0 atom stereocenters. The van der Waals surface area contributed by atoms with Crippen LogP contribution < -0.4 is 10.1 Å². The maximum Gasteiger partial charge on any atom is 0.573 e. The van der Waals surface area contributed by atoms with Gasteiger partial charge in [-0.1, -0.05) is 24.3 Å². The fourth-order valence-corrected chi connectivity index (χ4v) is 3.14. The maximum absolute atomic E-state index is 12.3. The minimum atomic E-state index is -4.71. The molecule has 27 heavy (non-hydrogen) atoms. The van der Waals surface area contributed by atoms with Crippen LogP contribution in [0.25, 0.3) is 11.3 Å². The fraction of sp³-hybridized carbons (Fsp3) is 0.368. The lowest BCUT2D eigenvalue weighted by molar-refractivity contribution is -0.274. The van der Waals surface area contributed by atoms with E-state index >= 15 is 0 Å². The number of alkyl halides is 3. The van der Waals surface area contributed by atoms with Gasteiger partial charge in [0.15, 0.2) is 0 Å². The van der Waals surface area contributed by atoms with Crippen LogP contribution in [-0.4, -0.2) is 23.4 Å². The van der Waals surface area contributed by atoms with Crippen LogP contribution in [0.4, 0.5) is 13.2 Å². The summed E-state index contributed by atoms with van der Waals surface area (Å²) in [6.45, 7) is 6.54. The van der Waals surface area contributed by atoms with Gasteiger partial charge in [0.2, 0.25) is 0 Å². The largest absolute Gasteiger partial charge is 0.573 e. The minimum absolute atomic E-state index is 0.260. The van der Waals surface area contributed by atoms with Crippen molar-refractivity contribution in [3.63, 3.8) is 0 Å². The SMILES string of the molecule is CC/C(C)=C/Sc1nc(CNC)nc(-c2ccc(OC(F)(F)F)cc2)c1C. The van der Waals surface area contributed by atoms with Gasteiger partial charge in [0, 0.05) is 11.1 Å². The molecule has 1 N–H and O–H groups in total. The quantitative estimate of drug-likeness (QED) is 0.495. The van der Waals surface area contributed by atoms with Crippen molar-refractivity contribution in [2.45, 2.75) is 45.1 Å². The van der Waals surface area contributed by atoms with Crippen LogP contribution in [0, 0.1) is 6.92 Å². The van der Waals surface area contributed by atoms with E-state index in [-0.39, 0.29) is 5.75 Å². The number of rotatable bonds is 7. The molecule has 0 aliphatic carbocycles. The van der Waals surface area contributed by atoms with Crippen LogP contribution in [-0.2, 0) is 6.54 Å². The molecule has 0 amide bonds. The van der Waals surface area contributed by atoms with Gasteiger partial charge in [-0.3, -0.25) is 0 Å². The maximum atomic E-state index is 12.3. The average Bonchev–Trinajstić information content (AvgIpc) is 2.61. The van der Waals surface area contributed by atoms with Crippen molar-refractivity contribution in [2.75, 3.05) is 7.05 Å². The van der Waals surface area contributed by atoms with E-state index in [1.54, 1.807) is 19.2 Å². The highest BCUT2D eigenvalue weighted by molar-refractivity contribution is 8.02. The third kappa shape index (κ3) is 6.25. The number of thioether (sulfide) groups is 1. The molecule has 0 aliphatic rings. The van der Waals surface area contributed by atoms with Gasteiger partial charge in [0.1, 0.15) is 16.6 Å². The molecular weight excluding hydrogens is 375 g/mol. The average molecular weight is 397 g/mol. The molecule has 0 saturated heterocycles. The predicted molar refractivity (Wildman–Crippen MR) is 102 cm³/mol. The molecule has 1 aromatic heterocycles. The second-order valence-electron chi connectivity index (χ2n) is 5.96. The summed E-state index contributed by atoms with van der Waals surface area (Å²) in [5, 5.41) is 5.91. The van der Waals surface area contributed by atoms with Gasteiger partial charge < -0.3 is 10.1 Å². The van der Waals surface area contributed by atoms with E-state index in [1.807, 2.05) is 6.92 Å². The highest BCUT2D eigenvalue weighted by Gasteiger charge is 2.31. The standard InChI is InChI=1S/C19H22F3N3OS/c1-5-12(2)11-27-18-13(3)17(24-16(25-18)10-23-4)14-6-8-15(9-7-14)26-19(20,21)22/h6-9,11,23H,5,10H2,1-4H3/b12-11+. The lowest BCUT2D eigenvalue weighted by Crippen LogP contribution is -2.17. The van der Waals surface area contributed by atoms with Gasteiger partial charge in [-0.2, -0.15) is 0 Å². The van der Waals surface area contributed by atoms with E-state index in [0.717, 1.165) is 17.0 Å². The summed E-state index contributed by atoms with van der Waals surface area (Å²) in [5.41, 5.74) is 3.52. The lowest BCUT2D eigenvalue weighted by atomic mass is 10.1. The number of benzene rings is 1. The van der Waals surface area contributed by atoms with Crippen molar-refractivity contribution >= 4 is 11.8 Å². The Bertz CT molecular complexity index is 805. The molecule has 0 fully saturated rings. The smallest absolute Gasteiger partial charge is 0.406 e. The molecule has 4 nitrogen and oxygen atoms in total. The molecule has 2 rings (SSSR count). The van der Waals surface area contributed by atoms with Crippen molar-refractivity contribution in [3.05, 3.63) is 46.6 Å². The summed E-state index contributed by atoms with van der Waals surface area (Å²) in [7, 11) is 1.81. The number of halogens is 3. The number of hydrogen-bond donors (Lipinski definition) is 1. The Balaban J connectivity index is 2.41. The monoisotopic (exact) mass is 397 g/mol. The summed E-state index contributed by atoms with van der Waals surface area (Å²) >= 11 is 1.53. The Morgan fingerprint density at radius 1 is 1.22 bits per heavy atom. The van der Waals surface area contributed by atoms with Crippen LogP contribution in [0.2, 0.25) is 0 Å². The summed E-state index contributed by atoms with van der Waals surface area (Å²) in [6.07, 6.45) is -3.76. The van der Waals surface area contributed by atoms with Gasteiger partial charge in [-0.05, 0) is 57.0 Å². The first-order chi connectivity index (χ1) is 12.7. The normalized spacial score (nSPS) is 12.3. The topological polar surface area (TPSA) is 47.0 Å². The van der Waals surface area contributed by atoms with E-state index < -0.39 is 6.36 Å². The Hall–Kier alpha value is -2.06. The highest BCUT2D eigenvalue weighted by atomic mass is 32.2. The molecule has 2 aromatic rings. The van der Waals surface area contributed by atoms with Crippen molar-refractivity contribution in [2.24, 2.45) is 0 Å². The zero-order valence-corrected chi connectivity index (χ0v) is 16.5. The highest BCUT2D eigenvalue weighted by Crippen LogP contribution is 2.32. The molecule has 0 spiro atoms. The molecule has 146 valence electrons. The lowest BCUT2D eigenvalue weighted by Gasteiger charge is -2.13. The molecule has 0 saturated carbocycles. The summed E-state index contributed by atoms with van der Waals surface area (Å²) in [5.74, 6) is 0.364. The number of ether oxygens (including phenoxy) is 1. The van der Waals surface area contributed by atoms with Gasteiger partial charge >= 0.3 is 6.36 Å². The van der Waals surface area contributed by atoms with Crippen molar-refractivity contribution in [1.29, 1.82) is 0 Å². The van der Waals surface area contributed by atoms with Crippen LogP contribution in [0.3, 0.4) is 0 Å². The second kappa shape index (κ2) is 9.23. The van der Waals surface area contributed by atoms with E-state index in [2.05, 4.69) is 39.3 Å². The van der Waals surface area contributed by atoms with Crippen LogP contribution in [0.1, 0.15) is 31.7 Å². The van der Waals surface area contributed by atoms with E-state index in [4.69, 9.17) is 0 Å². The third-order valence-corrected chi connectivity index (χ3v) is 4.91. The molecule has 1 aromatic carbocycles. The van der Waals surface area contributed by atoms with E-state index in [9.17, 15) is 13.2 Å². The number of hydrogen-bond acceptors (Lipinski definition) is 5. The summed E-state index contributed by atoms with van der Waals surface area (Å²) in [6, 6.07) is 5.72. The van der Waals surface area contributed by atoms with Gasteiger partial charge in [-0.15, -0.1) is 13.2 Å². The molecule has 0 bridgehead atoms. The summed E-state index contributed by atoms with van der Waals surface area (Å²) in [4.78, 5) is 9.17. The first-order valence-electron chi connectivity index (χ1n) is 8.44. The first kappa shape index (κ1) is 21.2. The first-order valence-corrected chi connectivity index (χ1v) is 9.32. The molecule has 8 heteroatoms. The molecule has 0 radical (unpaired) electrons. The third-order valence-electron chi connectivity index (χ3n) is 3.77. The number of aromatic nitrogens is 2. The van der Waals surface area contributed by atoms with Gasteiger partial charge in [0.05, 0.1) is 12.2 Å². The minimum Gasteiger partial charge on any atom is -0.406 e. The van der Waals surface area contributed by atoms with E-state index in [1.165, 1.54) is 29.5 Å². The van der Waals surface area contributed by atoms with E-state index in [0.29, 0.717) is 23.6 Å².